The molecule has 0 bridgehead atoms. The number of rotatable bonds is 2. The molecule has 0 fully saturated rings. The third-order valence-electron chi connectivity index (χ3n) is 5.52. The normalized spacial score (nSPS) is 12.1. The highest BCUT2D eigenvalue weighted by Gasteiger charge is 2.33. The van der Waals surface area contributed by atoms with Crippen LogP contribution in [0.25, 0.3) is 39.1 Å². The van der Waals surface area contributed by atoms with E-state index < -0.39 is 23.1 Å². The minimum atomic E-state index is -4.65. The van der Waals surface area contributed by atoms with Gasteiger partial charge in [0.1, 0.15) is 17.2 Å². The van der Waals surface area contributed by atoms with E-state index in [-0.39, 0.29) is 38.6 Å². The van der Waals surface area contributed by atoms with E-state index >= 15 is 0 Å². The molecule has 0 saturated heterocycles. The number of H-pyrrole nitrogens is 1. The van der Waals surface area contributed by atoms with Gasteiger partial charge in [-0.2, -0.15) is 18.3 Å². The average Bonchev–Trinajstić information content (AvgIpc) is 3.18. The molecule has 5 rings (SSSR count). The predicted octanol–water partition coefficient (Wildman–Crippen LogP) is 5.75. The van der Waals surface area contributed by atoms with E-state index in [0.717, 1.165) is 29.5 Å². The molecule has 34 heavy (non-hydrogen) atoms. The van der Waals surface area contributed by atoms with Crippen LogP contribution in [0.5, 0.6) is 0 Å². The molecule has 2 aromatic carbocycles. The number of aromatic nitrogens is 5. The highest BCUT2D eigenvalue weighted by atomic mass is 35.5. The molecule has 0 aliphatic rings. The van der Waals surface area contributed by atoms with Crippen molar-refractivity contribution < 1.29 is 17.6 Å². The monoisotopic (exact) mass is 487 g/mol. The number of alkyl halides is 3. The van der Waals surface area contributed by atoms with E-state index in [0.29, 0.717) is 5.52 Å². The van der Waals surface area contributed by atoms with Crippen molar-refractivity contribution in [1.29, 1.82) is 0 Å². The van der Waals surface area contributed by atoms with Crippen molar-refractivity contribution in [2.75, 3.05) is 0 Å². The Balaban J connectivity index is 1.82. The maximum Gasteiger partial charge on any atom is 0.433 e. The van der Waals surface area contributed by atoms with Crippen molar-refractivity contribution in [1.82, 2.24) is 24.7 Å². The molecule has 0 saturated carbocycles. The van der Waals surface area contributed by atoms with Gasteiger partial charge < -0.3 is 4.98 Å². The molecule has 6 nitrogen and oxygen atoms in total. The van der Waals surface area contributed by atoms with Crippen molar-refractivity contribution in [2.45, 2.75) is 20.0 Å². The van der Waals surface area contributed by atoms with Crippen LogP contribution < -0.4 is 5.43 Å². The number of fused-ring (bicyclic) bond motifs is 2. The second-order valence-electron chi connectivity index (χ2n) is 7.81. The zero-order valence-corrected chi connectivity index (χ0v) is 18.4. The molecular weight excluding hydrogens is 474 g/mol. The Morgan fingerprint density at radius 3 is 2.50 bits per heavy atom. The number of aryl methyl sites for hydroxylation is 2. The molecule has 3 aromatic heterocycles. The lowest BCUT2D eigenvalue weighted by Crippen LogP contribution is -2.17. The summed E-state index contributed by atoms with van der Waals surface area (Å²) in [6.45, 7) is 3.67. The Hall–Kier alpha value is -3.79. The molecule has 11 heteroatoms. The molecule has 0 spiro atoms. The lowest BCUT2D eigenvalue weighted by atomic mass is 10.1. The first-order valence-electron chi connectivity index (χ1n) is 9.96. The minimum Gasteiger partial charge on any atom is -0.335 e. The fourth-order valence-electron chi connectivity index (χ4n) is 3.65. The topological polar surface area (TPSA) is 76.5 Å². The van der Waals surface area contributed by atoms with Crippen LogP contribution in [0.1, 0.15) is 16.8 Å². The van der Waals surface area contributed by atoms with Gasteiger partial charge in [0, 0.05) is 5.02 Å². The first kappa shape index (κ1) is 22.0. The first-order chi connectivity index (χ1) is 16.0. The molecule has 172 valence electrons. The van der Waals surface area contributed by atoms with Gasteiger partial charge in [0.2, 0.25) is 5.43 Å². The summed E-state index contributed by atoms with van der Waals surface area (Å²) < 4.78 is 55.3. The van der Waals surface area contributed by atoms with Crippen LogP contribution in [0.4, 0.5) is 17.6 Å². The number of aromatic amines is 1. The minimum absolute atomic E-state index is 0.0380. The van der Waals surface area contributed by atoms with Crippen molar-refractivity contribution >= 4 is 33.5 Å². The number of imidazole rings is 1. The third kappa shape index (κ3) is 3.60. The van der Waals surface area contributed by atoms with E-state index in [9.17, 15) is 22.4 Å². The van der Waals surface area contributed by atoms with E-state index in [2.05, 4.69) is 20.1 Å². The number of pyridine rings is 1. The maximum atomic E-state index is 14.8. The average molecular weight is 488 g/mol. The maximum absolute atomic E-state index is 14.8. The molecule has 0 amide bonds. The summed E-state index contributed by atoms with van der Waals surface area (Å²) in [4.78, 5) is 23.7. The highest BCUT2D eigenvalue weighted by Crippen LogP contribution is 2.30. The summed E-state index contributed by atoms with van der Waals surface area (Å²) >= 11 is 5.89. The number of hydrogen-bond donors (Lipinski definition) is 1. The fourth-order valence-corrected chi connectivity index (χ4v) is 3.81. The number of benzene rings is 2. The Bertz CT molecular complexity index is 1670. The number of halogens is 5. The Morgan fingerprint density at radius 2 is 1.79 bits per heavy atom. The number of nitrogens with one attached hydrogen (secondary N) is 1. The van der Waals surface area contributed by atoms with Gasteiger partial charge in [-0.3, -0.25) is 4.79 Å². The van der Waals surface area contributed by atoms with Crippen molar-refractivity contribution in [3.05, 3.63) is 80.5 Å². The summed E-state index contributed by atoms with van der Waals surface area (Å²) in [5, 5.41) is 4.78. The molecule has 0 aliphatic carbocycles. The van der Waals surface area contributed by atoms with Gasteiger partial charge in [0.15, 0.2) is 11.5 Å². The van der Waals surface area contributed by atoms with Gasteiger partial charge in [-0.1, -0.05) is 11.6 Å². The van der Waals surface area contributed by atoms with Crippen LogP contribution in [-0.2, 0) is 6.18 Å². The molecule has 5 aromatic rings. The highest BCUT2D eigenvalue weighted by molar-refractivity contribution is 6.30. The molecular formula is C23H14ClF4N5O. The summed E-state index contributed by atoms with van der Waals surface area (Å²) in [6.07, 6.45) is -3.66. The first-order valence-corrected chi connectivity index (χ1v) is 10.3. The second kappa shape index (κ2) is 7.63. The smallest absolute Gasteiger partial charge is 0.335 e. The van der Waals surface area contributed by atoms with Crippen LogP contribution in [0, 0.1) is 19.7 Å². The molecule has 0 atom stereocenters. The SMILES string of the molecule is Cc1cc2c(=O)c(-c3nc4cc(C(F)(F)F)ncc4[nH]3)nn(-c3ccc(Cl)cc3F)c2cc1C. The van der Waals surface area contributed by atoms with Gasteiger partial charge in [-0.15, -0.1) is 0 Å². The quantitative estimate of drug-likeness (QED) is 0.322. The molecule has 0 unspecified atom stereocenters. The lowest BCUT2D eigenvalue weighted by molar-refractivity contribution is -0.141. The Labute approximate surface area is 193 Å². The largest absolute Gasteiger partial charge is 0.433 e. The lowest BCUT2D eigenvalue weighted by Gasteiger charge is -2.14. The van der Waals surface area contributed by atoms with E-state index in [4.69, 9.17) is 11.6 Å². The summed E-state index contributed by atoms with van der Waals surface area (Å²) in [7, 11) is 0. The molecule has 1 N–H and O–H groups in total. The van der Waals surface area contributed by atoms with Gasteiger partial charge >= 0.3 is 6.18 Å². The molecule has 0 radical (unpaired) electrons. The third-order valence-corrected chi connectivity index (χ3v) is 5.76. The van der Waals surface area contributed by atoms with Crippen LogP contribution in [-0.4, -0.2) is 24.7 Å². The van der Waals surface area contributed by atoms with Gasteiger partial charge in [0.25, 0.3) is 0 Å². The van der Waals surface area contributed by atoms with Crippen LogP contribution >= 0.6 is 11.6 Å². The zero-order chi connectivity index (χ0) is 24.4. The molecule has 0 aliphatic heterocycles. The standard InChI is InChI=1S/C23H14ClF4N5O/c1-10-5-13-18(6-11(10)2)33(17-4-3-12(24)7-14(17)25)32-20(21(13)34)22-30-15-8-19(23(26,27)28)29-9-16(15)31-22/h3-9H,1-2H3,(H,30,31). The van der Waals surface area contributed by atoms with Crippen LogP contribution in [0.2, 0.25) is 5.02 Å². The van der Waals surface area contributed by atoms with Crippen molar-refractivity contribution in [3.8, 4) is 17.2 Å². The Morgan fingerprint density at radius 1 is 1.06 bits per heavy atom. The number of nitrogens with zero attached hydrogens (tertiary/aromatic N) is 4. The molecule has 3 heterocycles. The number of hydrogen-bond acceptors (Lipinski definition) is 4. The van der Waals surface area contributed by atoms with Gasteiger partial charge in [-0.25, -0.2) is 19.0 Å². The van der Waals surface area contributed by atoms with Crippen LogP contribution in [0.3, 0.4) is 0 Å². The predicted molar refractivity (Wildman–Crippen MR) is 120 cm³/mol. The van der Waals surface area contributed by atoms with Gasteiger partial charge in [0.05, 0.1) is 28.1 Å². The summed E-state index contributed by atoms with van der Waals surface area (Å²) in [5.74, 6) is -0.734. The second-order valence-corrected chi connectivity index (χ2v) is 8.25. The van der Waals surface area contributed by atoms with Gasteiger partial charge in [-0.05, 0) is 61.4 Å². The fraction of sp³-hybridized carbons (Fsp3) is 0.130. The van der Waals surface area contributed by atoms with E-state index in [1.807, 2.05) is 13.8 Å². The zero-order valence-electron chi connectivity index (χ0n) is 17.6. The van der Waals surface area contributed by atoms with Crippen LogP contribution in [0.15, 0.2) is 47.4 Å². The summed E-state index contributed by atoms with van der Waals surface area (Å²) in [6, 6.07) is 8.18. The van der Waals surface area contributed by atoms with E-state index in [1.165, 1.54) is 16.8 Å². The van der Waals surface area contributed by atoms with E-state index in [1.54, 1.807) is 12.1 Å². The Kier molecular flexibility index (Phi) is 4.94. The van der Waals surface area contributed by atoms with Crippen molar-refractivity contribution in [2.24, 2.45) is 0 Å². The summed E-state index contributed by atoms with van der Waals surface area (Å²) in [5.41, 5.74) is 0.424. The van der Waals surface area contributed by atoms with Crippen molar-refractivity contribution in [3.63, 3.8) is 0 Å².